The molecule has 2 N–H and O–H groups in total. The Morgan fingerprint density at radius 1 is 1.29 bits per heavy atom. The molecule has 0 spiro atoms. The number of nitrogens with two attached hydrogens (primary N) is 1. The highest BCUT2D eigenvalue weighted by Gasteiger charge is 2.34. The summed E-state index contributed by atoms with van der Waals surface area (Å²) in [5.74, 6) is 0.304. The quantitative estimate of drug-likeness (QED) is 0.413. The fourth-order valence-corrected chi connectivity index (χ4v) is 5.61. The fourth-order valence-electron chi connectivity index (χ4n) is 4.37. The van der Waals surface area contributed by atoms with Crippen LogP contribution in [0, 0.1) is 12.8 Å². The number of thioether (sulfide) groups is 1. The minimum Gasteiger partial charge on any atom is -0.467 e. The van der Waals surface area contributed by atoms with Crippen LogP contribution in [0.5, 0.6) is 0 Å². The molecule has 9 nitrogen and oxygen atoms in total. The number of primary amides is 1. The molecule has 0 atom stereocenters. The summed E-state index contributed by atoms with van der Waals surface area (Å²) in [6, 6.07) is 7.21. The molecule has 35 heavy (non-hydrogen) atoms. The number of amides is 2. The fraction of sp³-hybridized carbons (Fsp3) is 0.292. The summed E-state index contributed by atoms with van der Waals surface area (Å²) in [7, 11) is 0. The lowest BCUT2D eigenvalue weighted by Crippen LogP contribution is -2.40. The van der Waals surface area contributed by atoms with Crippen LogP contribution in [0.25, 0.3) is 11.7 Å². The maximum Gasteiger partial charge on any atom is 0.267 e. The summed E-state index contributed by atoms with van der Waals surface area (Å²) in [4.78, 5) is 47.1. The van der Waals surface area contributed by atoms with Crippen molar-refractivity contribution in [3.05, 3.63) is 68.9 Å². The molecule has 0 saturated carbocycles. The number of rotatable bonds is 5. The van der Waals surface area contributed by atoms with E-state index in [4.69, 9.17) is 27.4 Å². The molecule has 3 aromatic rings. The van der Waals surface area contributed by atoms with Crippen molar-refractivity contribution in [3.63, 3.8) is 0 Å². The highest BCUT2D eigenvalue weighted by atomic mass is 32.2. The van der Waals surface area contributed by atoms with E-state index in [1.54, 1.807) is 36.7 Å². The maximum absolute atomic E-state index is 13.6. The number of carbonyl (C=O) groups is 2. The number of hydrogen-bond donors (Lipinski definition) is 1. The van der Waals surface area contributed by atoms with Crippen LogP contribution in [0.3, 0.4) is 0 Å². The number of thiocarbonyl (C=S) groups is 1. The van der Waals surface area contributed by atoms with Gasteiger partial charge >= 0.3 is 0 Å². The molecule has 3 aromatic heterocycles. The lowest BCUT2D eigenvalue weighted by molar-refractivity contribution is -0.123. The Bertz CT molecular complexity index is 1420. The molecular weight excluding hydrogens is 486 g/mol. The lowest BCUT2D eigenvalue weighted by Gasteiger charge is -2.32. The van der Waals surface area contributed by atoms with E-state index >= 15 is 0 Å². The predicted octanol–water partition coefficient (Wildman–Crippen LogP) is 2.70. The number of anilines is 1. The standard InChI is InChI=1S/C24H23N5O4S2/c1-14-4-2-8-28-20(14)26-21(27-9-6-15(7-10-27)19(25)30)17(22(28)31)12-18-23(32)29(24(34)35-18)13-16-5-3-11-33-16/h2-5,8,11-12,15H,6-7,9-10,13H2,1H3,(H2,25,30)/b18-12+. The van der Waals surface area contributed by atoms with E-state index in [1.807, 2.05) is 17.9 Å². The Morgan fingerprint density at radius 2 is 2.06 bits per heavy atom. The molecule has 11 heteroatoms. The van der Waals surface area contributed by atoms with E-state index in [0.29, 0.717) is 57.9 Å². The maximum atomic E-state index is 13.6. The summed E-state index contributed by atoms with van der Waals surface area (Å²) < 4.78 is 7.25. The van der Waals surface area contributed by atoms with Gasteiger partial charge in [0.25, 0.3) is 11.5 Å². The van der Waals surface area contributed by atoms with Gasteiger partial charge < -0.3 is 15.1 Å². The van der Waals surface area contributed by atoms with Crippen molar-refractivity contribution in [2.24, 2.45) is 11.7 Å². The van der Waals surface area contributed by atoms with Gasteiger partial charge in [-0.05, 0) is 49.6 Å². The number of piperidine rings is 1. The van der Waals surface area contributed by atoms with E-state index in [-0.39, 0.29) is 29.8 Å². The number of carbonyl (C=O) groups excluding carboxylic acids is 2. The van der Waals surface area contributed by atoms with Crippen molar-refractivity contribution in [3.8, 4) is 0 Å². The van der Waals surface area contributed by atoms with Gasteiger partial charge in [0.15, 0.2) is 0 Å². The van der Waals surface area contributed by atoms with Crippen LogP contribution in [-0.2, 0) is 16.1 Å². The van der Waals surface area contributed by atoms with Crippen LogP contribution in [0.15, 0.2) is 50.8 Å². The van der Waals surface area contributed by atoms with Gasteiger partial charge in [0, 0.05) is 25.2 Å². The Balaban J connectivity index is 1.57. The van der Waals surface area contributed by atoms with Crippen LogP contribution < -0.4 is 16.2 Å². The Kier molecular flexibility index (Phi) is 6.20. The first-order valence-electron chi connectivity index (χ1n) is 11.2. The first-order valence-corrected chi connectivity index (χ1v) is 12.4. The largest absolute Gasteiger partial charge is 0.467 e. The molecule has 180 valence electrons. The number of hydrogen-bond acceptors (Lipinski definition) is 8. The van der Waals surface area contributed by atoms with E-state index in [2.05, 4.69) is 0 Å². The van der Waals surface area contributed by atoms with Crippen LogP contribution in [0.2, 0.25) is 0 Å². The van der Waals surface area contributed by atoms with Crippen molar-refractivity contribution >= 4 is 57.7 Å². The zero-order chi connectivity index (χ0) is 24.7. The van der Waals surface area contributed by atoms with E-state index in [9.17, 15) is 14.4 Å². The van der Waals surface area contributed by atoms with Gasteiger partial charge in [0.1, 0.15) is 21.5 Å². The topological polar surface area (TPSA) is 114 Å². The van der Waals surface area contributed by atoms with Gasteiger partial charge in [0.05, 0.1) is 23.3 Å². The second-order valence-electron chi connectivity index (χ2n) is 8.55. The molecule has 2 saturated heterocycles. The summed E-state index contributed by atoms with van der Waals surface area (Å²) in [6.07, 6.45) is 5.95. The molecule has 2 amide bonds. The second kappa shape index (κ2) is 9.31. The summed E-state index contributed by atoms with van der Waals surface area (Å²) in [5.41, 5.74) is 6.94. The van der Waals surface area contributed by atoms with Crippen molar-refractivity contribution in [2.75, 3.05) is 18.0 Å². The summed E-state index contributed by atoms with van der Waals surface area (Å²) in [6.45, 7) is 3.17. The van der Waals surface area contributed by atoms with Gasteiger partial charge in [-0.15, -0.1) is 0 Å². The van der Waals surface area contributed by atoms with Gasteiger partial charge in [-0.2, -0.15) is 0 Å². The Labute approximate surface area is 210 Å². The monoisotopic (exact) mass is 509 g/mol. The number of nitrogens with zero attached hydrogens (tertiary/aromatic N) is 4. The predicted molar refractivity (Wildman–Crippen MR) is 138 cm³/mol. The van der Waals surface area contributed by atoms with Crippen LogP contribution in [0.4, 0.5) is 5.82 Å². The minimum atomic E-state index is -0.313. The normalized spacial score (nSPS) is 18.3. The summed E-state index contributed by atoms with van der Waals surface area (Å²) >= 11 is 6.59. The number of pyridine rings is 1. The Hall–Kier alpha value is -3.44. The zero-order valence-electron chi connectivity index (χ0n) is 19.0. The van der Waals surface area contributed by atoms with Gasteiger partial charge in [-0.1, -0.05) is 30.0 Å². The first kappa shape index (κ1) is 23.3. The molecule has 2 aliphatic heterocycles. The van der Waals surface area contributed by atoms with E-state index in [1.165, 1.54) is 9.30 Å². The van der Waals surface area contributed by atoms with Crippen molar-refractivity contribution in [2.45, 2.75) is 26.3 Å². The molecule has 0 radical (unpaired) electrons. The molecule has 2 fully saturated rings. The molecule has 5 rings (SSSR count). The van der Waals surface area contributed by atoms with Crippen LogP contribution >= 0.6 is 24.0 Å². The average Bonchev–Trinajstić information content (AvgIpc) is 3.45. The highest BCUT2D eigenvalue weighted by molar-refractivity contribution is 8.26. The van der Waals surface area contributed by atoms with Crippen molar-refractivity contribution in [1.82, 2.24) is 14.3 Å². The first-order chi connectivity index (χ1) is 16.8. The molecular formula is C24H23N5O4S2. The second-order valence-corrected chi connectivity index (χ2v) is 10.2. The van der Waals surface area contributed by atoms with Crippen LogP contribution in [0.1, 0.15) is 29.7 Å². The number of furan rings is 1. The zero-order valence-corrected chi connectivity index (χ0v) is 20.6. The molecule has 5 heterocycles. The Morgan fingerprint density at radius 3 is 2.74 bits per heavy atom. The minimum absolute atomic E-state index is 0.198. The number of aryl methyl sites for hydroxylation is 1. The molecule has 0 bridgehead atoms. The summed E-state index contributed by atoms with van der Waals surface area (Å²) in [5, 5.41) is 0. The third-order valence-electron chi connectivity index (χ3n) is 6.30. The molecule has 0 aromatic carbocycles. The van der Waals surface area contributed by atoms with Crippen molar-refractivity contribution < 1.29 is 14.0 Å². The van der Waals surface area contributed by atoms with Crippen LogP contribution in [-0.4, -0.2) is 43.5 Å². The van der Waals surface area contributed by atoms with Gasteiger partial charge in [0.2, 0.25) is 5.91 Å². The number of aromatic nitrogens is 2. The van der Waals surface area contributed by atoms with E-state index < -0.39 is 0 Å². The highest BCUT2D eigenvalue weighted by Crippen LogP contribution is 2.35. The average molecular weight is 510 g/mol. The third kappa shape index (κ3) is 4.37. The van der Waals surface area contributed by atoms with E-state index in [0.717, 1.165) is 17.3 Å². The van der Waals surface area contributed by atoms with Gasteiger partial charge in [-0.25, -0.2) is 4.98 Å². The smallest absolute Gasteiger partial charge is 0.267 e. The number of fused-ring (bicyclic) bond motifs is 1. The lowest BCUT2D eigenvalue weighted by atomic mass is 9.96. The molecule has 0 unspecified atom stereocenters. The third-order valence-corrected chi connectivity index (χ3v) is 7.68. The van der Waals surface area contributed by atoms with Gasteiger partial charge in [-0.3, -0.25) is 23.7 Å². The van der Waals surface area contributed by atoms with Crippen molar-refractivity contribution in [1.29, 1.82) is 0 Å². The SMILES string of the molecule is Cc1cccn2c(=O)c(/C=C3/SC(=S)N(Cc4ccco4)C3=O)c(N3CCC(C(N)=O)CC3)nc12. The molecule has 0 aliphatic carbocycles. The molecule has 2 aliphatic rings.